The normalized spacial score (nSPS) is 10.9. The second-order valence-electron chi connectivity index (χ2n) is 9.56. The molecule has 0 saturated carbocycles. The first-order valence-corrected chi connectivity index (χ1v) is 13.6. The molecule has 4 aromatic carbocycles. The minimum absolute atomic E-state index is 0.157. The van der Waals surface area contributed by atoms with E-state index < -0.39 is 11.1 Å². The third-order valence-electron chi connectivity index (χ3n) is 6.84. The van der Waals surface area contributed by atoms with E-state index >= 15 is 0 Å². The number of fused-ring (bicyclic) bond motifs is 1. The molecule has 0 bridgehead atoms. The second-order valence-corrected chi connectivity index (χ2v) is 9.56. The highest BCUT2D eigenvalue weighted by Gasteiger charge is 2.22. The smallest absolute Gasteiger partial charge is 0.345 e. The van der Waals surface area contributed by atoms with Gasteiger partial charge in [0, 0.05) is 11.1 Å². The summed E-state index contributed by atoms with van der Waals surface area (Å²) in [6, 6.07) is 27.8. The molecule has 6 rings (SSSR count). The van der Waals surface area contributed by atoms with Crippen molar-refractivity contribution < 1.29 is 24.2 Å². The van der Waals surface area contributed by atoms with Gasteiger partial charge in [0.15, 0.2) is 0 Å². The Morgan fingerprint density at radius 1 is 0.955 bits per heavy atom. The van der Waals surface area contributed by atoms with E-state index in [4.69, 9.17) is 9.47 Å². The van der Waals surface area contributed by atoms with E-state index in [1.165, 1.54) is 0 Å². The molecule has 0 aliphatic heterocycles. The number of aromatic nitrogens is 6. The fourth-order valence-electron chi connectivity index (χ4n) is 4.89. The highest BCUT2D eigenvalue weighted by atomic mass is 16.9. The van der Waals surface area contributed by atoms with Gasteiger partial charge in [-0.15, -0.1) is 20.3 Å². The van der Waals surface area contributed by atoms with Crippen LogP contribution in [0.25, 0.3) is 33.5 Å². The number of carbonyl (C=O) groups excluding carboxylic acids is 1. The van der Waals surface area contributed by atoms with E-state index in [0.717, 1.165) is 22.3 Å². The van der Waals surface area contributed by atoms with E-state index in [-0.39, 0.29) is 17.9 Å². The van der Waals surface area contributed by atoms with Gasteiger partial charge < -0.3 is 14.3 Å². The Labute approximate surface area is 250 Å². The maximum Gasteiger partial charge on any atom is 0.345 e. The lowest BCUT2D eigenvalue weighted by atomic mass is 9.98. The number of benzene rings is 4. The standard InChI is InChI=1S/C31H25N7O6/c1-2-42-31-32-26-12-7-11-25(30(39)44-27-13-6-3-8-22(27)19-43-38(40)41)28(26)37(31)18-20-14-16-21(17-15-20)23-9-4-5-10-24(23)29-33-35-36-34-29/h3-17H,2,18-19H2,1H3,(H,33,34,35,36). The van der Waals surface area contributed by atoms with Crippen LogP contribution in [0.5, 0.6) is 11.8 Å². The molecule has 0 unspecified atom stereocenters. The number of nitrogens with one attached hydrogen (secondary N) is 1. The van der Waals surface area contributed by atoms with Crippen LogP contribution in [0, 0.1) is 10.1 Å². The van der Waals surface area contributed by atoms with E-state index in [0.29, 0.717) is 41.6 Å². The summed E-state index contributed by atoms with van der Waals surface area (Å²) in [5.41, 5.74) is 5.42. The summed E-state index contributed by atoms with van der Waals surface area (Å²) in [5.74, 6) is 0.00850. The maximum atomic E-state index is 13.5. The summed E-state index contributed by atoms with van der Waals surface area (Å²) in [7, 11) is 0. The van der Waals surface area contributed by atoms with Gasteiger partial charge in [0.2, 0.25) is 5.82 Å². The summed E-state index contributed by atoms with van der Waals surface area (Å²) in [6.07, 6.45) is 0. The summed E-state index contributed by atoms with van der Waals surface area (Å²) in [4.78, 5) is 33.4. The zero-order valence-electron chi connectivity index (χ0n) is 23.4. The van der Waals surface area contributed by atoms with E-state index in [1.54, 1.807) is 42.5 Å². The third kappa shape index (κ3) is 5.79. The highest BCUT2D eigenvalue weighted by molar-refractivity contribution is 6.03. The molecule has 220 valence electrons. The number of nitrogens with zero attached hydrogens (tertiary/aromatic N) is 6. The van der Waals surface area contributed by atoms with Crippen LogP contribution in [0.4, 0.5) is 0 Å². The number of esters is 1. The van der Waals surface area contributed by atoms with Gasteiger partial charge in [-0.25, -0.2) is 4.79 Å². The van der Waals surface area contributed by atoms with Gasteiger partial charge in [0.1, 0.15) is 12.4 Å². The molecule has 0 radical (unpaired) electrons. The van der Waals surface area contributed by atoms with Gasteiger partial charge in [0.25, 0.3) is 11.1 Å². The molecule has 0 fully saturated rings. The Kier molecular flexibility index (Phi) is 7.90. The number of tetrazole rings is 1. The number of carbonyl (C=O) groups is 1. The minimum atomic E-state index is -0.896. The van der Waals surface area contributed by atoms with Crippen molar-refractivity contribution in [1.29, 1.82) is 0 Å². The average molecular weight is 592 g/mol. The number of rotatable bonds is 11. The number of imidazole rings is 1. The van der Waals surface area contributed by atoms with Crippen molar-refractivity contribution in [3.63, 3.8) is 0 Å². The number of para-hydroxylation sites is 2. The first-order chi connectivity index (χ1) is 21.5. The highest BCUT2D eigenvalue weighted by Crippen LogP contribution is 2.31. The van der Waals surface area contributed by atoms with Crippen molar-refractivity contribution in [2.24, 2.45) is 0 Å². The van der Waals surface area contributed by atoms with Crippen LogP contribution in [-0.4, -0.2) is 47.8 Å². The molecular weight excluding hydrogens is 566 g/mol. The summed E-state index contributed by atoms with van der Waals surface area (Å²) in [5, 5.41) is 24.2. The van der Waals surface area contributed by atoms with Crippen molar-refractivity contribution in [1.82, 2.24) is 30.2 Å². The lowest BCUT2D eigenvalue weighted by Crippen LogP contribution is -2.13. The molecule has 0 aliphatic rings. The van der Waals surface area contributed by atoms with Gasteiger partial charge in [-0.05, 0) is 47.0 Å². The number of hydrogen-bond donors (Lipinski definition) is 1. The summed E-state index contributed by atoms with van der Waals surface area (Å²) in [6.45, 7) is 2.23. The molecule has 0 amide bonds. The number of hydrogen-bond acceptors (Lipinski definition) is 10. The fourth-order valence-corrected chi connectivity index (χ4v) is 4.89. The predicted molar refractivity (Wildman–Crippen MR) is 158 cm³/mol. The fraction of sp³-hybridized carbons (Fsp3) is 0.129. The van der Waals surface area contributed by atoms with E-state index in [9.17, 15) is 14.9 Å². The van der Waals surface area contributed by atoms with E-state index in [2.05, 4.69) is 30.4 Å². The first kappa shape index (κ1) is 28.0. The second kappa shape index (κ2) is 12.4. The zero-order valence-corrected chi connectivity index (χ0v) is 23.4. The van der Waals surface area contributed by atoms with Crippen LogP contribution in [0.1, 0.15) is 28.4 Å². The first-order valence-electron chi connectivity index (χ1n) is 13.6. The minimum Gasteiger partial charge on any atom is -0.465 e. The molecule has 0 atom stereocenters. The van der Waals surface area contributed by atoms with Crippen LogP contribution in [0.2, 0.25) is 0 Å². The Balaban J connectivity index is 1.32. The molecule has 13 heteroatoms. The Morgan fingerprint density at radius 2 is 1.73 bits per heavy atom. The maximum absolute atomic E-state index is 13.5. The monoisotopic (exact) mass is 591 g/mol. The van der Waals surface area contributed by atoms with Gasteiger partial charge >= 0.3 is 5.97 Å². The van der Waals surface area contributed by atoms with Crippen LogP contribution in [0.15, 0.2) is 91.0 Å². The Morgan fingerprint density at radius 3 is 2.48 bits per heavy atom. The van der Waals surface area contributed by atoms with Crippen molar-refractivity contribution >= 4 is 17.0 Å². The Hall–Kier alpha value is -6.11. The molecule has 0 spiro atoms. The van der Waals surface area contributed by atoms with Crippen molar-refractivity contribution in [3.8, 4) is 34.3 Å². The topological polar surface area (TPSA) is 160 Å². The van der Waals surface area contributed by atoms with Gasteiger partial charge in [0.05, 0.1) is 29.7 Å². The molecule has 0 saturated heterocycles. The van der Waals surface area contributed by atoms with Crippen LogP contribution in [-0.2, 0) is 18.0 Å². The average Bonchev–Trinajstić information content (AvgIpc) is 3.70. The molecule has 2 aromatic heterocycles. The number of ether oxygens (including phenoxy) is 2. The quantitative estimate of drug-likeness (QED) is 0.0911. The Bertz CT molecular complexity index is 1940. The molecule has 13 nitrogen and oxygen atoms in total. The van der Waals surface area contributed by atoms with E-state index in [1.807, 2.05) is 60.0 Å². The zero-order chi connectivity index (χ0) is 30.5. The third-order valence-corrected chi connectivity index (χ3v) is 6.84. The van der Waals surface area contributed by atoms with Gasteiger partial charge in [-0.2, -0.15) is 10.2 Å². The van der Waals surface area contributed by atoms with Crippen molar-refractivity contribution in [2.75, 3.05) is 6.61 Å². The van der Waals surface area contributed by atoms with Gasteiger partial charge in [-0.3, -0.25) is 4.57 Å². The SMILES string of the molecule is CCOc1nc2cccc(C(=O)Oc3ccccc3CO[N+](=O)[O-])c2n1Cc1ccc(-c2ccccc2-c2nn[nH]n2)cc1. The number of aromatic amines is 1. The molecule has 6 aromatic rings. The van der Waals surface area contributed by atoms with Gasteiger partial charge in [-0.1, -0.05) is 72.8 Å². The largest absolute Gasteiger partial charge is 0.465 e. The van der Waals surface area contributed by atoms with Crippen molar-refractivity contribution in [2.45, 2.75) is 20.1 Å². The predicted octanol–water partition coefficient (Wildman–Crippen LogP) is 5.26. The number of H-pyrrole nitrogens is 1. The molecule has 2 heterocycles. The van der Waals surface area contributed by atoms with Crippen LogP contribution >= 0.6 is 0 Å². The lowest BCUT2D eigenvalue weighted by Gasteiger charge is -2.13. The molecule has 0 aliphatic carbocycles. The lowest BCUT2D eigenvalue weighted by molar-refractivity contribution is -0.763. The molecule has 1 N–H and O–H groups in total. The van der Waals surface area contributed by atoms with Crippen LogP contribution in [0.3, 0.4) is 0 Å². The molecular formula is C31H25N7O6. The molecule has 44 heavy (non-hydrogen) atoms. The summed E-state index contributed by atoms with van der Waals surface area (Å²) < 4.78 is 13.4. The van der Waals surface area contributed by atoms with Crippen LogP contribution < -0.4 is 9.47 Å². The van der Waals surface area contributed by atoms with Crippen molar-refractivity contribution in [3.05, 3.63) is 118 Å². The summed E-state index contributed by atoms with van der Waals surface area (Å²) >= 11 is 0.